The van der Waals surface area contributed by atoms with Crippen molar-refractivity contribution in [1.82, 2.24) is 4.90 Å². The molecule has 1 aromatic rings. The number of ether oxygens (including phenoxy) is 1. The highest BCUT2D eigenvalue weighted by Gasteiger charge is 2.18. The molecule has 0 spiro atoms. The maximum absolute atomic E-state index is 10.2. The summed E-state index contributed by atoms with van der Waals surface area (Å²) < 4.78 is 5.59. The van der Waals surface area contributed by atoms with Crippen LogP contribution < -0.4 is 0 Å². The van der Waals surface area contributed by atoms with Crippen LogP contribution in [0.3, 0.4) is 0 Å². The van der Waals surface area contributed by atoms with E-state index >= 15 is 0 Å². The Bertz CT molecular complexity index is 438. The molecule has 1 heterocycles. The van der Waals surface area contributed by atoms with Gasteiger partial charge in [0.15, 0.2) is 0 Å². The van der Waals surface area contributed by atoms with Gasteiger partial charge in [0.1, 0.15) is 0 Å². The van der Waals surface area contributed by atoms with Gasteiger partial charge in [-0.05, 0) is 31.0 Å². The lowest BCUT2D eigenvalue weighted by atomic mass is 10.1. The van der Waals surface area contributed by atoms with Gasteiger partial charge in [0.2, 0.25) is 0 Å². The third-order valence-electron chi connectivity index (χ3n) is 3.39. The first-order valence-electron chi connectivity index (χ1n) is 6.71. The fraction of sp³-hybridized carbons (Fsp3) is 0.533. The Kier molecular flexibility index (Phi) is 4.92. The van der Waals surface area contributed by atoms with Gasteiger partial charge in [-0.1, -0.05) is 12.1 Å². The average molecular weight is 260 g/mol. The third-order valence-corrected chi connectivity index (χ3v) is 3.39. The minimum Gasteiger partial charge on any atom is -0.387 e. The van der Waals surface area contributed by atoms with Crippen LogP contribution in [0.1, 0.15) is 30.6 Å². The van der Waals surface area contributed by atoms with Crippen LogP contribution in [0.15, 0.2) is 24.3 Å². The number of nitriles is 1. The Morgan fingerprint density at radius 1 is 1.47 bits per heavy atom. The van der Waals surface area contributed by atoms with Crippen molar-refractivity contribution in [2.75, 3.05) is 26.2 Å². The molecule has 102 valence electrons. The number of aliphatic hydroxyl groups is 1. The van der Waals surface area contributed by atoms with Crippen LogP contribution in [0, 0.1) is 11.3 Å². The van der Waals surface area contributed by atoms with Crippen molar-refractivity contribution in [1.29, 1.82) is 5.26 Å². The molecule has 0 aromatic heterocycles. The van der Waals surface area contributed by atoms with Gasteiger partial charge in [-0.3, -0.25) is 4.90 Å². The Hall–Kier alpha value is -1.41. The maximum Gasteiger partial charge on any atom is 0.0991 e. The highest BCUT2D eigenvalue weighted by Crippen LogP contribution is 2.16. The van der Waals surface area contributed by atoms with E-state index in [-0.39, 0.29) is 6.10 Å². The molecule has 0 amide bonds. The first kappa shape index (κ1) is 14.0. The van der Waals surface area contributed by atoms with E-state index in [9.17, 15) is 5.11 Å². The standard InChI is InChI=1S/C15H20N2O2/c1-12-10-17(7-2-8-19-12)11-15(18)14-5-3-13(9-16)4-6-14/h3-6,12,15,18H,2,7-8,10-11H2,1H3. The Labute approximate surface area is 114 Å². The van der Waals surface area contributed by atoms with Crippen molar-refractivity contribution >= 4 is 0 Å². The number of hydrogen-bond donors (Lipinski definition) is 1. The fourth-order valence-electron chi connectivity index (χ4n) is 2.38. The second-order valence-corrected chi connectivity index (χ2v) is 5.04. The zero-order chi connectivity index (χ0) is 13.7. The van der Waals surface area contributed by atoms with E-state index in [0.717, 1.165) is 31.7 Å². The smallest absolute Gasteiger partial charge is 0.0991 e. The second kappa shape index (κ2) is 6.67. The van der Waals surface area contributed by atoms with Gasteiger partial charge in [-0.2, -0.15) is 5.26 Å². The molecule has 1 fully saturated rings. The van der Waals surface area contributed by atoms with Gasteiger partial charge < -0.3 is 9.84 Å². The predicted octanol–water partition coefficient (Wildman–Crippen LogP) is 1.70. The lowest BCUT2D eigenvalue weighted by molar-refractivity contribution is 0.0562. The summed E-state index contributed by atoms with van der Waals surface area (Å²) in [6.45, 7) is 5.28. The van der Waals surface area contributed by atoms with Crippen molar-refractivity contribution in [3.63, 3.8) is 0 Å². The average Bonchev–Trinajstić information content (AvgIpc) is 2.63. The van der Waals surface area contributed by atoms with Crippen LogP contribution in [0.25, 0.3) is 0 Å². The molecule has 0 saturated carbocycles. The minimum absolute atomic E-state index is 0.218. The Balaban J connectivity index is 1.95. The first-order chi connectivity index (χ1) is 9.19. The molecule has 1 aliphatic rings. The predicted molar refractivity (Wildman–Crippen MR) is 72.6 cm³/mol. The van der Waals surface area contributed by atoms with Gasteiger partial charge in [-0.15, -0.1) is 0 Å². The largest absolute Gasteiger partial charge is 0.387 e. The van der Waals surface area contributed by atoms with E-state index in [4.69, 9.17) is 10.00 Å². The maximum atomic E-state index is 10.2. The van der Waals surface area contributed by atoms with E-state index < -0.39 is 6.10 Å². The molecule has 2 unspecified atom stereocenters. The van der Waals surface area contributed by atoms with E-state index in [1.807, 2.05) is 12.1 Å². The summed E-state index contributed by atoms with van der Waals surface area (Å²) in [6, 6.07) is 9.21. The summed E-state index contributed by atoms with van der Waals surface area (Å²) in [4.78, 5) is 2.24. The molecule has 2 rings (SSSR count). The number of nitrogens with zero attached hydrogens (tertiary/aromatic N) is 2. The first-order valence-corrected chi connectivity index (χ1v) is 6.71. The lowest BCUT2D eigenvalue weighted by Crippen LogP contribution is -2.33. The highest BCUT2D eigenvalue weighted by molar-refractivity contribution is 5.32. The number of benzene rings is 1. The van der Waals surface area contributed by atoms with E-state index in [0.29, 0.717) is 12.1 Å². The molecule has 0 radical (unpaired) electrons. The fourth-order valence-corrected chi connectivity index (χ4v) is 2.38. The van der Waals surface area contributed by atoms with E-state index in [1.54, 1.807) is 12.1 Å². The van der Waals surface area contributed by atoms with Crippen LogP contribution in [0.2, 0.25) is 0 Å². The summed E-state index contributed by atoms with van der Waals surface area (Å²) >= 11 is 0. The van der Waals surface area contributed by atoms with E-state index in [1.165, 1.54) is 0 Å². The van der Waals surface area contributed by atoms with Crippen molar-refractivity contribution in [3.8, 4) is 6.07 Å². The topological polar surface area (TPSA) is 56.5 Å². The van der Waals surface area contributed by atoms with Crippen molar-refractivity contribution in [2.24, 2.45) is 0 Å². The van der Waals surface area contributed by atoms with Gasteiger partial charge in [0, 0.05) is 26.2 Å². The minimum atomic E-state index is -0.516. The van der Waals surface area contributed by atoms with Crippen molar-refractivity contribution in [3.05, 3.63) is 35.4 Å². The molecule has 1 aromatic carbocycles. The Morgan fingerprint density at radius 2 is 2.21 bits per heavy atom. The van der Waals surface area contributed by atoms with Gasteiger partial charge in [-0.25, -0.2) is 0 Å². The lowest BCUT2D eigenvalue weighted by Gasteiger charge is -2.24. The zero-order valence-corrected chi connectivity index (χ0v) is 11.2. The molecule has 4 nitrogen and oxygen atoms in total. The molecule has 1 aliphatic heterocycles. The van der Waals surface area contributed by atoms with Gasteiger partial charge >= 0.3 is 0 Å². The number of hydrogen-bond acceptors (Lipinski definition) is 4. The van der Waals surface area contributed by atoms with Crippen LogP contribution in [0.4, 0.5) is 0 Å². The van der Waals surface area contributed by atoms with Crippen LogP contribution in [0.5, 0.6) is 0 Å². The van der Waals surface area contributed by atoms with Crippen LogP contribution in [-0.2, 0) is 4.74 Å². The van der Waals surface area contributed by atoms with E-state index in [2.05, 4.69) is 17.9 Å². The molecule has 2 atom stereocenters. The van der Waals surface area contributed by atoms with Crippen molar-refractivity contribution < 1.29 is 9.84 Å². The molecule has 1 saturated heterocycles. The SMILES string of the molecule is CC1CN(CC(O)c2ccc(C#N)cc2)CCCO1. The molecule has 0 aliphatic carbocycles. The summed E-state index contributed by atoms with van der Waals surface area (Å²) in [5.74, 6) is 0. The molecule has 1 N–H and O–H groups in total. The van der Waals surface area contributed by atoms with Crippen LogP contribution in [-0.4, -0.2) is 42.4 Å². The molecule has 19 heavy (non-hydrogen) atoms. The quantitative estimate of drug-likeness (QED) is 0.898. The van der Waals surface area contributed by atoms with Crippen LogP contribution >= 0.6 is 0 Å². The molecule has 4 heteroatoms. The molecular formula is C15H20N2O2. The highest BCUT2D eigenvalue weighted by atomic mass is 16.5. The van der Waals surface area contributed by atoms with Crippen molar-refractivity contribution in [2.45, 2.75) is 25.6 Å². The number of rotatable bonds is 3. The Morgan fingerprint density at radius 3 is 2.89 bits per heavy atom. The number of aliphatic hydroxyl groups excluding tert-OH is 1. The van der Waals surface area contributed by atoms with Gasteiger partial charge in [0.05, 0.1) is 23.8 Å². The number of β-amino-alcohol motifs (C(OH)–C–C–N with tert-alkyl or cyclic N) is 1. The van der Waals surface area contributed by atoms with Gasteiger partial charge in [0.25, 0.3) is 0 Å². The zero-order valence-electron chi connectivity index (χ0n) is 11.2. The molecular weight excluding hydrogens is 240 g/mol. The summed E-state index contributed by atoms with van der Waals surface area (Å²) in [7, 11) is 0. The summed E-state index contributed by atoms with van der Waals surface area (Å²) in [5.41, 5.74) is 1.48. The third kappa shape index (κ3) is 4.03. The summed E-state index contributed by atoms with van der Waals surface area (Å²) in [6.07, 6.45) is 0.707. The second-order valence-electron chi connectivity index (χ2n) is 5.04. The monoisotopic (exact) mass is 260 g/mol. The summed E-state index contributed by atoms with van der Waals surface area (Å²) in [5, 5.41) is 19.0. The normalized spacial score (nSPS) is 22.5. The molecule has 0 bridgehead atoms.